The number of pyridine rings is 1. The van der Waals surface area contributed by atoms with Crippen molar-refractivity contribution in [3.05, 3.63) is 23.4 Å². The summed E-state index contributed by atoms with van der Waals surface area (Å²) in [6.07, 6.45) is 4.83. The highest BCUT2D eigenvalue weighted by molar-refractivity contribution is 7.99. The molecule has 20 heavy (non-hydrogen) atoms. The van der Waals surface area contributed by atoms with E-state index >= 15 is 0 Å². The van der Waals surface area contributed by atoms with E-state index in [9.17, 15) is 5.26 Å². The fraction of sp³-hybridized carbons (Fsp3) is 0.625. The van der Waals surface area contributed by atoms with Crippen LogP contribution < -0.4 is 5.32 Å². The molecule has 1 N–H and O–H groups in total. The molecule has 1 unspecified atom stereocenters. The summed E-state index contributed by atoms with van der Waals surface area (Å²) in [5.74, 6) is 1.34. The largest absolute Gasteiger partial charge is 0.296 e. The Morgan fingerprint density at radius 3 is 2.65 bits per heavy atom. The second-order valence-electron chi connectivity index (χ2n) is 6.19. The Kier molecular flexibility index (Phi) is 3.74. The molecule has 0 radical (unpaired) electrons. The van der Waals surface area contributed by atoms with Crippen LogP contribution in [-0.4, -0.2) is 22.3 Å². The average molecular weight is 287 g/mol. The number of rotatable bonds is 6. The molecule has 0 aliphatic heterocycles. The highest BCUT2D eigenvalue weighted by Crippen LogP contribution is 2.43. The molecule has 2 saturated carbocycles. The van der Waals surface area contributed by atoms with Crippen LogP contribution in [0.1, 0.15) is 36.9 Å². The smallest absolute Gasteiger partial charge is 0.119 e. The molecule has 1 aromatic heterocycles. The van der Waals surface area contributed by atoms with Crippen LogP contribution in [0.15, 0.2) is 17.2 Å². The zero-order valence-electron chi connectivity index (χ0n) is 12.1. The first-order valence-corrected chi connectivity index (χ1v) is 8.37. The van der Waals surface area contributed by atoms with Gasteiger partial charge in [0, 0.05) is 17.5 Å². The van der Waals surface area contributed by atoms with Gasteiger partial charge >= 0.3 is 0 Å². The molecule has 0 bridgehead atoms. The van der Waals surface area contributed by atoms with Crippen molar-refractivity contribution in [2.45, 2.75) is 56.1 Å². The van der Waals surface area contributed by atoms with Crippen LogP contribution in [0, 0.1) is 31.1 Å². The van der Waals surface area contributed by atoms with Crippen LogP contribution in [0.2, 0.25) is 0 Å². The number of nitrogens with zero attached hydrogens (tertiary/aromatic N) is 2. The van der Waals surface area contributed by atoms with Gasteiger partial charge in [-0.1, -0.05) is 0 Å². The van der Waals surface area contributed by atoms with Crippen molar-refractivity contribution in [1.29, 1.82) is 5.26 Å². The fourth-order valence-electron chi connectivity index (χ4n) is 2.67. The van der Waals surface area contributed by atoms with Gasteiger partial charge in [0.2, 0.25) is 0 Å². The Labute approximate surface area is 125 Å². The molecule has 0 saturated heterocycles. The van der Waals surface area contributed by atoms with Crippen molar-refractivity contribution in [3.8, 4) is 6.07 Å². The Hall–Kier alpha value is -1.05. The van der Waals surface area contributed by atoms with Gasteiger partial charge in [-0.3, -0.25) is 5.32 Å². The standard InChI is InChI=1S/C16H21N3S/c1-11-7-12(2)18-15(8-11)20-10-16(9-17,13-3-4-13)19-14-5-6-14/h7-8,13-14,19H,3-6,10H2,1-2H3. The molecule has 2 aliphatic carbocycles. The summed E-state index contributed by atoms with van der Waals surface area (Å²) in [6.45, 7) is 4.12. The first-order chi connectivity index (χ1) is 9.61. The molecule has 3 nitrogen and oxygen atoms in total. The van der Waals surface area contributed by atoms with Gasteiger partial charge < -0.3 is 0 Å². The minimum atomic E-state index is -0.342. The van der Waals surface area contributed by atoms with Gasteiger partial charge in [-0.2, -0.15) is 5.26 Å². The van der Waals surface area contributed by atoms with Gasteiger partial charge in [0.1, 0.15) is 5.54 Å². The number of nitrogens with one attached hydrogen (secondary N) is 1. The molecule has 4 heteroatoms. The Balaban J connectivity index is 1.71. The topological polar surface area (TPSA) is 48.7 Å². The summed E-state index contributed by atoms with van der Waals surface area (Å²) < 4.78 is 0. The molecule has 0 spiro atoms. The van der Waals surface area contributed by atoms with Crippen molar-refractivity contribution in [3.63, 3.8) is 0 Å². The zero-order valence-corrected chi connectivity index (χ0v) is 13.0. The summed E-state index contributed by atoms with van der Waals surface area (Å²) in [4.78, 5) is 4.57. The number of hydrogen-bond donors (Lipinski definition) is 1. The third kappa shape index (κ3) is 3.16. The fourth-order valence-corrected chi connectivity index (χ4v) is 3.90. The predicted octanol–water partition coefficient (Wildman–Crippen LogP) is 3.21. The SMILES string of the molecule is Cc1cc(C)nc(SCC(C#N)(NC2CC2)C2CC2)c1. The maximum Gasteiger partial charge on any atom is 0.119 e. The van der Waals surface area contributed by atoms with E-state index in [1.807, 2.05) is 6.92 Å². The molecular formula is C16H21N3S. The first kappa shape index (κ1) is 13.9. The quantitative estimate of drug-likeness (QED) is 0.816. The van der Waals surface area contributed by atoms with Crippen LogP contribution >= 0.6 is 11.8 Å². The van der Waals surface area contributed by atoms with Gasteiger partial charge in [0.25, 0.3) is 0 Å². The number of hydrogen-bond acceptors (Lipinski definition) is 4. The van der Waals surface area contributed by atoms with E-state index in [4.69, 9.17) is 0 Å². The maximum atomic E-state index is 9.70. The van der Waals surface area contributed by atoms with Gasteiger partial charge in [-0.25, -0.2) is 4.98 Å². The average Bonchev–Trinajstić information content (AvgIpc) is 3.25. The number of thioether (sulfide) groups is 1. The van der Waals surface area contributed by atoms with Crippen molar-refractivity contribution in [1.82, 2.24) is 10.3 Å². The third-order valence-corrected chi connectivity index (χ3v) is 5.14. The molecule has 1 aromatic rings. The first-order valence-electron chi connectivity index (χ1n) is 7.38. The van der Waals surface area contributed by atoms with E-state index < -0.39 is 0 Å². The molecule has 0 aromatic carbocycles. The zero-order chi connectivity index (χ0) is 14.2. The molecule has 106 valence electrons. The van der Waals surface area contributed by atoms with Crippen LogP contribution in [0.4, 0.5) is 0 Å². The lowest BCUT2D eigenvalue weighted by Crippen LogP contribution is -2.49. The van der Waals surface area contributed by atoms with Gasteiger partial charge in [0.05, 0.1) is 11.1 Å². The highest BCUT2D eigenvalue weighted by Gasteiger charge is 2.48. The molecule has 3 rings (SSSR count). The normalized spacial score (nSPS) is 21.2. The highest BCUT2D eigenvalue weighted by atomic mass is 32.2. The lowest BCUT2D eigenvalue weighted by molar-refractivity contribution is 0.401. The third-order valence-electron chi connectivity index (χ3n) is 4.03. The second kappa shape index (κ2) is 5.38. The van der Waals surface area contributed by atoms with Crippen molar-refractivity contribution >= 4 is 11.8 Å². The van der Waals surface area contributed by atoms with Crippen molar-refractivity contribution in [2.24, 2.45) is 5.92 Å². The summed E-state index contributed by atoms with van der Waals surface area (Å²) in [5.41, 5.74) is 1.95. The van der Waals surface area contributed by atoms with Crippen LogP contribution in [0.5, 0.6) is 0 Å². The lowest BCUT2D eigenvalue weighted by atomic mass is 9.97. The van der Waals surface area contributed by atoms with Crippen molar-refractivity contribution < 1.29 is 0 Å². The number of aryl methyl sites for hydroxylation is 2. The van der Waals surface area contributed by atoms with Crippen LogP contribution in [0.25, 0.3) is 0 Å². The molecule has 1 heterocycles. The van der Waals surface area contributed by atoms with Crippen molar-refractivity contribution in [2.75, 3.05) is 5.75 Å². The predicted molar refractivity (Wildman–Crippen MR) is 81.7 cm³/mol. The summed E-state index contributed by atoms with van der Waals surface area (Å²) in [7, 11) is 0. The molecule has 2 fully saturated rings. The monoisotopic (exact) mass is 287 g/mol. The van der Waals surface area contributed by atoms with Gasteiger partial charge in [0.15, 0.2) is 0 Å². The van der Waals surface area contributed by atoms with Crippen LogP contribution in [-0.2, 0) is 0 Å². The molecular weight excluding hydrogens is 266 g/mol. The van der Waals surface area contributed by atoms with E-state index in [0.29, 0.717) is 12.0 Å². The minimum Gasteiger partial charge on any atom is -0.296 e. The van der Waals surface area contributed by atoms with Gasteiger partial charge in [-0.15, -0.1) is 11.8 Å². The van der Waals surface area contributed by atoms with E-state index in [1.165, 1.54) is 31.2 Å². The van der Waals surface area contributed by atoms with E-state index in [1.54, 1.807) is 11.8 Å². The lowest BCUT2D eigenvalue weighted by Gasteiger charge is -2.27. The number of aromatic nitrogens is 1. The van der Waals surface area contributed by atoms with Crippen LogP contribution in [0.3, 0.4) is 0 Å². The van der Waals surface area contributed by atoms with E-state index in [0.717, 1.165) is 16.5 Å². The maximum absolute atomic E-state index is 9.70. The Morgan fingerprint density at radius 2 is 2.10 bits per heavy atom. The van der Waals surface area contributed by atoms with E-state index in [2.05, 4.69) is 35.4 Å². The molecule has 1 atom stereocenters. The van der Waals surface area contributed by atoms with E-state index in [-0.39, 0.29) is 5.54 Å². The van der Waals surface area contributed by atoms with Gasteiger partial charge in [-0.05, 0) is 63.1 Å². The molecule has 0 amide bonds. The Bertz CT molecular complexity index is 523. The second-order valence-corrected chi connectivity index (χ2v) is 7.18. The minimum absolute atomic E-state index is 0.342. The summed E-state index contributed by atoms with van der Waals surface area (Å²) >= 11 is 1.72. The summed E-state index contributed by atoms with van der Waals surface area (Å²) in [6, 6.07) is 7.36. The molecule has 2 aliphatic rings. The summed E-state index contributed by atoms with van der Waals surface area (Å²) in [5, 5.41) is 14.4. The number of nitriles is 1. The Morgan fingerprint density at radius 1 is 1.35 bits per heavy atom.